The molecule has 0 aromatic heterocycles. The number of rotatable bonds is 4. The lowest BCUT2D eigenvalue weighted by atomic mass is 10.0. The van der Waals surface area contributed by atoms with Crippen molar-refractivity contribution in [3.05, 3.63) is 0 Å². The van der Waals surface area contributed by atoms with Crippen LogP contribution in [0.5, 0.6) is 0 Å². The molecule has 86 valence electrons. The largest absolute Gasteiger partial charge is 0.481 e. The third kappa shape index (κ3) is 3.11. The van der Waals surface area contributed by atoms with Crippen LogP contribution < -0.4 is 5.32 Å². The summed E-state index contributed by atoms with van der Waals surface area (Å²) in [7, 11) is 0. The van der Waals surface area contributed by atoms with Crippen molar-refractivity contribution in [1.29, 1.82) is 0 Å². The van der Waals surface area contributed by atoms with E-state index in [1.54, 1.807) is 4.90 Å². The molecule has 5 heteroatoms. The number of carboxylic acids is 1. The smallest absolute Gasteiger partial charge is 0.317 e. The SMILES string of the molecule is CCC(C)N1CC(CC(=O)O)CNC1=O. The number of carboxylic acid groups (broad SMARTS) is 1. The van der Waals surface area contributed by atoms with Gasteiger partial charge >= 0.3 is 12.0 Å². The summed E-state index contributed by atoms with van der Waals surface area (Å²) in [5.74, 6) is -0.783. The van der Waals surface area contributed by atoms with E-state index in [9.17, 15) is 9.59 Å². The first-order valence-electron chi connectivity index (χ1n) is 5.30. The van der Waals surface area contributed by atoms with E-state index in [0.29, 0.717) is 13.1 Å². The van der Waals surface area contributed by atoms with Gasteiger partial charge in [0.25, 0.3) is 0 Å². The van der Waals surface area contributed by atoms with Crippen LogP contribution >= 0.6 is 0 Å². The molecule has 0 radical (unpaired) electrons. The van der Waals surface area contributed by atoms with Crippen LogP contribution in [0.3, 0.4) is 0 Å². The molecule has 0 aliphatic carbocycles. The highest BCUT2D eigenvalue weighted by Crippen LogP contribution is 2.14. The van der Waals surface area contributed by atoms with Crippen LogP contribution in [0.15, 0.2) is 0 Å². The molecule has 1 saturated heterocycles. The van der Waals surface area contributed by atoms with Crippen LogP contribution in [-0.2, 0) is 4.79 Å². The van der Waals surface area contributed by atoms with Crippen LogP contribution in [0.1, 0.15) is 26.7 Å². The second kappa shape index (κ2) is 5.00. The zero-order chi connectivity index (χ0) is 11.4. The molecular weight excluding hydrogens is 196 g/mol. The zero-order valence-corrected chi connectivity index (χ0v) is 9.19. The summed E-state index contributed by atoms with van der Waals surface area (Å²) in [4.78, 5) is 23.8. The molecule has 0 saturated carbocycles. The highest BCUT2D eigenvalue weighted by atomic mass is 16.4. The molecule has 1 fully saturated rings. The average Bonchev–Trinajstić information content (AvgIpc) is 2.19. The van der Waals surface area contributed by atoms with E-state index in [-0.39, 0.29) is 24.4 Å². The minimum Gasteiger partial charge on any atom is -0.481 e. The summed E-state index contributed by atoms with van der Waals surface area (Å²) in [6.45, 7) is 5.01. The van der Waals surface area contributed by atoms with Crippen molar-refractivity contribution in [2.75, 3.05) is 13.1 Å². The van der Waals surface area contributed by atoms with Gasteiger partial charge in [-0.15, -0.1) is 0 Å². The van der Waals surface area contributed by atoms with E-state index in [0.717, 1.165) is 6.42 Å². The summed E-state index contributed by atoms with van der Waals surface area (Å²) < 4.78 is 0. The highest BCUT2D eigenvalue weighted by molar-refractivity contribution is 5.76. The second-order valence-electron chi connectivity index (χ2n) is 4.06. The van der Waals surface area contributed by atoms with Crippen molar-refractivity contribution in [3.63, 3.8) is 0 Å². The van der Waals surface area contributed by atoms with Gasteiger partial charge in [0.1, 0.15) is 0 Å². The number of nitrogens with one attached hydrogen (secondary N) is 1. The van der Waals surface area contributed by atoms with Crippen LogP contribution in [0.4, 0.5) is 4.79 Å². The first kappa shape index (κ1) is 11.8. The Balaban J connectivity index is 2.55. The summed E-state index contributed by atoms with van der Waals surface area (Å²) in [5, 5.41) is 11.4. The number of carbonyl (C=O) groups excluding carboxylic acids is 1. The fourth-order valence-corrected chi connectivity index (χ4v) is 1.74. The first-order chi connectivity index (χ1) is 7.04. The molecule has 0 bridgehead atoms. The Labute approximate surface area is 89.4 Å². The van der Waals surface area contributed by atoms with Gasteiger partial charge in [0.05, 0.1) is 6.42 Å². The third-order valence-corrected chi connectivity index (χ3v) is 2.84. The van der Waals surface area contributed by atoms with Crippen LogP contribution in [-0.4, -0.2) is 41.1 Å². The molecule has 5 nitrogen and oxygen atoms in total. The maximum absolute atomic E-state index is 11.5. The Bertz CT molecular complexity index is 255. The molecule has 2 N–H and O–H groups in total. The van der Waals surface area contributed by atoms with E-state index in [1.165, 1.54) is 0 Å². The second-order valence-corrected chi connectivity index (χ2v) is 4.06. The van der Waals surface area contributed by atoms with Gasteiger partial charge in [-0.25, -0.2) is 4.79 Å². The van der Waals surface area contributed by atoms with Gasteiger partial charge in [-0.05, 0) is 13.3 Å². The van der Waals surface area contributed by atoms with Crippen molar-refractivity contribution in [2.24, 2.45) is 5.92 Å². The Morgan fingerprint density at radius 3 is 2.93 bits per heavy atom. The highest BCUT2D eigenvalue weighted by Gasteiger charge is 2.28. The number of nitrogens with zero attached hydrogens (tertiary/aromatic N) is 1. The molecule has 1 heterocycles. The average molecular weight is 214 g/mol. The normalized spacial score (nSPS) is 23.5. The van der Waals surface area contributed by atoms with Crippen molar-refractivity contribution in [1.82, 2.24) is 10.2 Å². The maximum atomic E-state index is 11.5. The van der Waals surface area contributed by atoms with Crippen molar-refractivity contribution in [3.8, 4) is 0 Å². The van der Waals surface area contributed by atoms with Gasteiger partial charge in [0.2, 0.25) is 0 Å². The number of hydrogen-bond acceptors (Lipinski definition) is 2. The summed E-state index contributed by atoms with van der Waals surface area (Å²) in [6, 6.07) is 0.0904. The van der Waals surface area contributed by atoms with Crippen LogP contribution in [0, 0.1) is 5.92 Å². The van der Waals surface area contributed by atoms with Gasteiger partial charge in [-0.1, -0.05) is 6.92 Å². The number of carbonyl (C=O) groups is 2. The fraction of sp³-hybridized carbons (Fsp3) is 0.800. The molecule has 1 aliphatic rings. The molecule has 1 rings (SSSR count). The van der Waals surface area contributed by atoms with Crippen LogP contribution in [0.25, 0.3) is 0 Å². The third-order valence-electron chi connectivity index (χ3n) is 2.84. The van der Waals surface area contributed by atoms with Crippen LogP contribution in [0.2, 0.25) is 0 Å². The molecule has 15 heavy (non-hydrogen) atoms. The lowest BCUT2D eigenvalue weighted by molar-refractivity contribution is -0.138. The monoisotopic (exact) mass is 214 g/mol. The van der Waals surface area contributed by atoms with Gasteiger partial charge in [0.15, 0.2) is 0 Å². The molecule has 2 atom stereocenters. The van der Waals surface area contributed by atoms with Gasteiger partial charge in [0, 0.05) is 25.0 Å². The van der Waals surface area contributed by atoms with Gasteiger partial charge < -0.3 is 15.3 Å². The summed E-state index contributed by atoms with van der Waals surface area (Å²) in [6.07, 6.45) is 1.00. The zero-order valence-electron chi connectivity index (χ0n) is 9.19. The minimum absolute atomic E-state index is 0.0224. The van der Waals surface area contributed by atoms with E-state index < -0.39 is 5.97 Å². The van der Waals surface area contributed by atoms with E-state index in [1.807, 2.05) is 13.8 Å². The fourth-order valence-electron chi connectivity index (χ4n) is 1.74. The van der Waals surface area contributed by atoms with Crippen molar-refractivity contribution >= 4 is 12.0 Å². The molecule has 0 aromatic carbocycles. The number of hydrogen-bond donors (Lipinski definition) is 2. The van der Waals surface area contributed by atoms with Crippen molar-refractivity contribution in [2.45, 2.75) is 32.7 Å². The molecule has 2 amide bonds. The topological polar surface area (TPSA) is 69.6 Å². The standard InChI is InChI=1S/C10H18N2O3/c1-3-7(2)12-6-8(4-9(13)14)5-11-10(12)15/h7-8H,3-6H2,1-2H3,(H,11,15)(H,13,14). The predicted molar refractivity (Wildman–Crippen MR) is 55.6 cm³/mol. The molecular formula is C10H18N2O3. The molecule has 2 unspecified atom stereocenters. The van der Waals surface area contributed by atoms with Gasteiger partial charge in [-0.3, -0.25) is 4.79 Å². The Morgan fingerprint density at radius 2 is 2.40 bits per heavy atom. The predicted octanol–water partition coefficient (Wildman–Crippen LogP) is 0.901. The first-order valence-corrected chi connectivity index (χ1v) is 5.30. The quantitative estimate of drug-likeness (QED) is 0.730. The van der Waals surface area contributed by atoms with Gasteiger partial charge in [-0.2, -0.15) is 0 Å². The maximum Gasteiger partial charge on any atom is 0.317 e. The Morgan fingerprint density at radius 1 is 1.73 bits per heavy atom. The van der Waals surface area contributed by atoms with E-state index in [2.05, 4.69) is 5.32 Å². The molecule has 1 aliphatic heterocycles. The van der Waals surface area contributed by atoms with Crippen molar-refractivity contribution < 1.29 is 14.7 Å². The summed E-state index contributed by atoms with van der Waals surface area (Å²) in [5.41, 5.74) is 0. The minimum atomic E-state index is -0.805. The van der Waals surface area contributed by atoms with E-state index >= 15 is 0 Å². The number of aliphatic carboxylic acids is 1. The lowest BCUT2D eigenvalue weighted by Gasteiger charge is -2.36. The molecule has 0 aromatic rings. The number of urea groups is 1. The number of amides is 2. The molecule has 0 spiro atoms. The Kier molecular flexibility index (Phi) is 3.94. The Hall–Kier alpha value is -1.26. The van der Waals surface area contributed by atoms with E-state index in [4.69, 9.17) is 5.11 Å². The lowest BCUT2D eigenvalue weighted by Crippen LogP contribution is -2.54. The summed E-state index contributed by atoms with van der Waals surface area (Å²) >= 11 is 0.